The molecule has 164 valence electrons. The fourth-order valence-corrected chi connectivity index (χ4v) is 6.26. The number of nitrogens with one attached hydrogen (secondary N) is 1. The lowest BCUT2D eigenvalue weighted by Crippen LogP contribution is -2.41. The number of rotatable bonds is 5. The molecular weight excluding hydrogens is 434 g/mol. The van der Waals surface area contributed by atoms with Gasteiger partial charge >= 0.3 is 0 Å². The van der Waals surface area contributed by atoms with E-state index >= 15 is 0 Å². The van der Waals surface area contributed by atoms with Crippen molar-refractivity contribution in [3.63, 3.8) is 0 Å². The Balaban J connectivity index is 1.41. The van der Waals surface area contributed by atoms with Crippen molar-refractivity contribution >= 4 is 42.6 Å². The molecule has 31 heavy (non-hydrogen) atoms. The molecule has 1 N–H and O–H groups in total. The largest absolute Gasteiger partial charge is 0.497 e. The van der Waals surface area contributed by atoms with Crippen LogP contribution in [-0.2, 0) is 14.8 Å². The van der Waals surface area contributed by atoms with Gasteiger partial charge < -0.3 is 10.1 Å². The van der Waals surface area contributed by atoms with Crippen molar-refractivity contribution in [2.24, 2.45) is 5.92 Å². The fraction of sp³-hybridized carbons (Fsp3) is 0.364. The van der Waals surface area contributed by atoms with E-state index in [2.05, 4.69) is 16.4 Å². The maximum atomic E-state index is 12.9. The molecule has 1 saturated heterocycles. The summed E-state index contributed by atoms with van der Waals surface area (Å²) in [5.74, 6) is 0.266. The molecule has 1 aliphatic rings. The van der Waals surface area contributed by atoms with Crippen molar-refractivity contribution in [3.8, 4) is 5.75 Å². The number of carbonyl (C=O) groups is 1. The standard InChI is InChI=1S/C22H25N3O4S2/c1-14-4-5-15(2)20-19(14)23-22(30-20)24-21(26)16-10-12-25(13-11-16)31(27,28)18-8-6-17(29-3)7-9-18/h4-9,16H,10-13H2,1-3H3,(H,23,24,26). The van der Waals surface area contributed by atoms with E-state index in [1.165, 1.54) is 22.8 Å². The number of aryl methyl sites for hydroxylation is 2. The second kappa shape index (κ2) is 8.57. The molecule has 0 aliphatic carbocycles. The molecule has 0 spiro atoms. The molecule has 0 atom stereocenters. The molecule has 9 heteroatoms. The van der Waals surface area contributed by atoms with E-state index in [0.29, 0.717) is 36.8 Å². The number of hydrogen-bond donors (Lipinski definition) is 1. The third-order valence-electron chi connectivity index (χ3n) is 5.69. The molecule has 0 radical (unpaired) electrons. The number of fused-ring (bicyclic) bond motifs is 1. The van der Waals surface area contributed by atoms with E-state index in [0.717, 1.165) is 21.3 Å². The number of anilines is 1. The summed E-state index contributed by atoms with van der Waals surface area (Å²) in [6, 6.07) is 10.4. The Morgan fingerprint density at radius 3 is 2.35 bits per heavy atom. The highest BCUT2D eigenvalue weighted by molar-refractivity contribution is 7.89. The fourth-order valence-electron chi connectivity index (χ4n) is 3.78. The summed E-state index contributed by atoms with van der Waals surface area (Å²) in [5.41, 5.74) is 3.13. The summed E-state index contributed by atoms with van der Waals surface area (Å²) in [4.78, 5) is 17.6. The number of hydrogen-bond acceptors (Lipinski definition) is 6. The van der Waals surface area contributed by atoms with Crippen LogP contribution < -0.4 is 10.1 Å². The highest BCUT2D eigenvalue weighted by atomic mass is 32.2. The van der Waals surface area contributed by atoms with Crippen molar-refractivity contribution in [1.82, 2.24) is 9.29 Å². The highest BCUT2D eigenvalue weighted by Crippen LogP contribution is 2.32. The molecule has 2 heterocycles. The van der Waals surface area contributed by atoms with Crippen LogP contribution in [0.3, 0.4) is 0 Å². The van der Waals surface area contributed by atoms with Gasteiger partial charge in [0.15, 0.2) is 5.13 Å². The van der Waals surface area contributed by atoms with Crippen LogP contribution in [-0.4, -0.2) is 43.8 Å². The maximum absolute atomic E-state index is 12.9. The Labute approximate surface area is 186 Å². The van der Waals surface area contributed by atoms with Crippen LogP contribution in [0.5, 0.6) is 5.75 Å². The first-order valence-electron chi connectivity index (χ1n) is 10.1. The Kier molecular flexibility index (Phi) is 6.00. The average molecular weight is 460 g/mol. The van der Waals surface area contributed by atoms with Gasteiger partial charge in [0.1, 0.15) is 5.75 Å². The first kappa shape index (κ1) is 21.7. The maximum Gasteiger partial charge on any atom is 0.243 e. The molecule has 0 unspecified atom stereocenters. The summed E-state index contributed by atoms with van der Waals surface area (Å²) in [6.07, 6.45) is 0.953. The quantitative estimate of drug-likeness (QED) is 0.624. The smallest absolute Gasteiger partial charge is 0.243 e. The summed E-state index contributed by atoms with van der Waals surface area (Å²) in [7, 11) is -2.05. The molecule has 1 aliphatic heterocycles. The van der Waals surface area contributed by atoms with Crippen molar-refractivity contribution in [3.05, 3.63) is 47.5 Å². The number of piperidine rings is 1. The van der Waals surface area contributed by atoms with Crippen LogP contribution in [0.2, 0.25) is 0 Å². The summed E-state index contributed by atoms with van der Waals surface area (Å²) in [5, 5.41) is 3.53. The molecule has 0 saturated carbocycles. The highest BCUT2D eigenvalue weighted by Gasteiger charge is 2.32. The topological polar surface area (TPSA) is 88.6 Å². The number of sulfonamides is 1. The van der Waals surface area contributed by atoms with Crippen LogP contribution in [0, 0.1) is 19.8 Å². The second-order valence-corrected chi connectivity index (χ2v) is 10.7. The molecule has 1 amide bonds. The monoisotopic (exact) mass is 459 g/mol. The van der Waals surface area contributed by atoms with Gasteiger partial charge in [-0.25, -0.2) is 13.4 Å². The van der Waals surface area contributed by atoms with Crippen LogP contribution >= 0.6 is 11.3 Å². The van der Waals surface area contributed by atoms with Crippen LogP contribution in [0.15, 0.2) is 41.3 Å². The predicted molar refractivity (Wildman–Crippen MR) is 122 cm³/mol. The van der Waals surface area contributed by atoms with Gasteiger partial charge in [0.25, 0.3) is 0 Å². The molecule has 4 rings (SSSR count). The molecule has 1 aromatic heterocycles. The minimum absolute atomic E-state index is 0.101. The van der Waals surface area contributed by atoms with Crippen LogP contribution in [0.1, 0.15) is 24.0 Å². The lowest BCUT2D eigenvalue weighted by atomic mass is 9.97. The van der Waals surface area contributed by atoms with Gasteiger partial charge in [0.2, 0.25) is 15.9 Å². The Bertz CT molecular complexity index is 1170. The van der Waals surface area contributed by atoms with E-state index < -0.39 is 10.0 Å². The van der Waals surface area contributed by atoms with Crippen LogP contribution in [0.4, 0.5) is 5.13 Å². The van der Waals surface area contributed by atoms with Gasteiger partial charge in [-0.3, -0.25) is 4.79 Å². The third-order valence-corrected chi connectivity index (χ3v) is 8.71. The van der Waals surface area contributed by atoms with Crippen molar-refractivity contribution < 1.29 is 17.9 Å². The summed E-state index contributed by atoms with van der Waals surface area (Å²) < 4.78 is 33.4. The van der Waals surface area contributed by atoms with Gasteiger partial charge in [-0.05, 0) is 62.1 Å². The van der Waals surface area contributed by atoms with E-state index in [4.69, 9.17) is 4.74 Å². The van der Waals surface area contributed by atoms with E-state index in [1.807, 2.05) is 19.9 Å². The van der Waals surface area contributed by atoms with Gasteiger partial charge in [-0.15, -0.1) is 0 Å². The Hall–Kier alpha value is -2.49. The normalized spacial score (nSPS) is 15.8. The zero-order valence-electron chi connectivity index (χ0n) is 17.7. The average Bonchev–Trinajstić information content (AvgIpc) is 3.21. The molecule has 2 aromatic carbocycles. The molecule has 3 aromatic rings. The molecular formula is C22H25N3O4S2. The first-order chi connectivity index (χ1) is 14.8. The molecule has 1 fully saturated rings. The molecule has 7 nitrogen and oxygen atoms in total. The van der Waals surface area contributed by atoms with Crippen LogP contribution in [0.25, 0.3) is 10.2 Å². The Morgan fingerprint density at radius 2 is 1.74 bits per heavy atom. The zero-order chi connectivity index (χ0) is 22.2. The minimum atomic E-state index is -3.59. The number of amides is 1. The first-order valence-corrected chi connectivity index (χ1v) is 12.4. The number of methoxy groups -OCH3 is 1. The van der Waals surface area contributed by atoms with E-state index in [1.54, 1.807) is 24.3 Å². The minimum Gasteiger partial charge on any atom is -0.497 e. The van der Waals surface area contributed by atoms with Crippen molar-refractivity contribution in [1.29, 1.82) is 0 Å². The van der Waals surface area contributed by atoms with Gasteiger partial charge in [-0.1, -0.05) is 23.5 Å². The molecule has 0 bridgehead atoms. The predicted octanol–water partition coefficient (Wildman–Crippen LogP) is 3.96. The number of nitrogens with zero attached hydrogens (tertiary/aromatic N) is 2. The number of ether oxygens (including phenoxy) is 1. The SMILES string of the molecule is COc1ccc(S(=O)(=O)N2CCC(C(=O)Nc3nc4c(C)ccc(C)c4s3)CC2)cc1. The number of aromatic nitrogens is 1. The number of thiazole rings is 1. The van der Waals surface area contributed by atoms with Crippen molar-refractivity contribution in [2.45, 2.75) is 31.6 Å². The van der Waals surface area contributed by atoms with Gasteiger partial charge in [0.05, 0.1) is 22.2 Å². The van der Waals surface area contributed by atoms with E-state index in [9.17, 15) is 13.2 Å². The van der Waals surface area contributed by atoms with E-state index in [-0.39, 0.29) is 16.7 Å². The Morgan fingerprint density at radius 1 is 1.10 bits per heavy atom. The summed E-state index contributed by atoms with van der Waals surface area (Å²) in [6.45, 7) is 4.66. The number of benzene rings is 2. The summed E-state index contributed by atoms with van der Waals surface area (Å²) >= 11 is 1.48. The van der Waals surface area contributed by atoms with Gasteiger partial charge in [-0.2, -0.15) is 4.31 Å². The second-order valence-electron chi connectivity index (χ2n) is 7.74. The zero-order valence-corrected chi connectivity index (χ0v) is 19.3. The van der Waals surface area contributed by atoms with Crippen molar-refractivity contribution in [2.75, 3.05) is 25.5 Å². The van der Waals surface area contributed by atoms with Gasteiger partial charge in [0, 0.05) is 19.0 Å². The lowest BCUT2D eigenvalue weighted by molar-refractivity contribution is -0.120. The third kappa shape index (κ3) is 4.30. The lowest BCUT2D eigenvalue weighted by Gasteiger charge is -2.30. The number of carbonyl (C=O) groups excluding carboxylic acids is 1.